The van der Waals surface area contributed by atoms with E-state index in [4.69, 9.17) is 5.11 Å². The highest BCUT2D eigenvalue weighted by Crippen LogP contribution is 2.26. The van der Waals surface area contributed by atoms with E-state index in [2.05, 4.69) is 4.90 Å². The van der Waals surface area contributed by atoms with Crippen LogP contribution in [0.4, 0.5) is 0 Å². The molecule has 1 heterocycles. The van der Waals surface area contributed by atoms with Gasteiger partial charge in [0, 0.05) is 6.54 Å². The lowest BCUT2D eigenvalue weighted by Crippen LogP contribution is -2.39. The Morgan fingerprint density at radius 3 is 2.38 bits per heavy atom. The van der Waals surface area contributed by atoms with E-state index in [0.29, 0.717) is 0 Å². The van der Waals surface area contributed by atoms with Crippen LogP contribution >= 0.6 is 0 Å². The zero-order valence-electron chi connectivity index (χ0n) is 10.0. The van der Waals surface area contributed by atoms with Crippen molar-refractivity contribution in [1.29, 1.82) is 0 Å². The summed E-state index contributed by atoms with van der Waals surface area (Å²) in [5.74, 6) is 0.133. The fraction of sp³-hybridized carbons (Fsp3) is 0.923. The second-order valence-electron chi connectivity index (χ2n) is 5.35. The predicted molar refractivity (Wildman–Crippen MR) is 63.4 cm³/mol. The van der Waals surface area contributed by atoms with Crippen LogP contribution in [0.25, 0.3) is 0 Å². The third-order valence-electron chi connectivity index (χ3n) is 4.12. The molecule has 1 saturated carbocycles. The molecule has 1 aliphatic heterocycles. The van der Waals surface area contributed by atoms with Gasteiger partial charge in [-0.2, -0.15) is 0 Å². The van der Waals surface area contributed by atoms with Gasteiger partial charge in [0.2, 0.25) is 0 Å². The third-order valence-corrected chi connectivity index (χ3v) is 4.12. The maximum atomic E-state index is 11.1. The molecule has 0 bridgehead atoms. The van der Waals surface area contributed by atoms with Crippen molar-refractivity contribution in [3.8, 4) is 0 Å². The molecular weight excluding hydrogens is 202 g/mol. The van der Waals surface area contributed by atoms with E-state index in [1.54, 1.807) is 0 Å². The zero-order valence-corrected chi connectivity index (χ0v) is 10.0. The van der Waals surface area contributed by atoms with Crippen LogP contribution < -0.4 is 0 Å². The maximum Gasteiger partial charge on any atom is 0.320 e. The summed E-state index contributed by atoms with van der Waals surface area (Å²) in [5, 5.41) is 9.13. The quantitative estimate of drug-likeness (QED) is 0.750. The maximum absolute atomic E-state index is 11.1. The number of aliphatic carboxylic acids is 1. The number of nitrogens with zero attached hydrogens (tertiary/aromatic N) is 1. The van der Waals surface area contributed by atoms with E-state index < -0.39 is 5.97 Å². The van der Waals surface area contributed by atoms with Gasteiger partial charge in [-0.15, -0.1) is 0 Å². The van der Waals surface area contributed by atoms with E-state index >= 15 is 0 Å². The van der Waals surface area contributed by atoms with Crippen LogP contribution in [0.3, 0.4) is 0 Å². The van der Waals surface area contributed by atoms with Crippen molar-refractivity contribution < 1.29 is 9.90 Å². The highest BCUT2D eigenvalue weighted by molar-refractivity contribution is 5.73. The molecule has 0 spiro atoms. The second-order valence-corrected chi connectivity index (χ2v) is 5.35. The Morgan fingerprint density at radius 1 is 1.06 bits per heavy atom. The summed E-state index contributed by atoms with van der Waals surface area (Å²) in [6.07, 6.45) is 9.96. The van der Waals surface area contributed by atoms with Gasteiger partial charge in [-0.1, -0.05) is 25.7 Å². The molecule has 1 aliphatic carbocycles. The number of likely N-dealkylation sites (tertiary alicyclic amines) is 1. The normalized spacial score (nSPS) is 29.1. The van der Waals surface area contributed by atoms with Gasteiger partial charge in [0.15, 0.2) is 0 Å². The summed E-state index contributed by atoms with van der Waals surface area (Å²) in [7, 11) is 0. The van der Waals surface area contributed by atoms with Gasteiger partial charge in [-0.3, -0.25) is 9.69 Å². The molecule has 1 atom stereocenters. The number of hydrogen-bond donors (Lipinski definition) is 1. The molecular formula is C13H23NO2. The van der Waals surface area contributed by atoms with Crippen molar-refractivity contribution in [1.82, 2.24) is 4.90 Å². The van der Waals surface area contributed by atoms with E-state index in [1.165, 1.54) is 38.5 Å². The molecule has 3 nitrogen and oxygen atoms in total. The summed E-state index contributed by atoms with van der Waals surface area (Å²) in [6.45, 7) is 2.02. The second kappa shape index (κ2) is 5.67. The van der Waals surface area contributed by atoms with Gasteiger partial charge in [0.25, 0.3) is 0 Å². The molecule has 2 rings (SSSR count). The van der Waals surface area contributed by atoms with Gasteiger partial charge < -0.3 is 5.11 Å². The minimum atomic E-state index is -0.619. The van der Waals surface area contributed by atoms with Crippen LogP contribution in [0.5, 0.6) is 0 Å². The predicted octanol–water partition coefficient (Wildman–Crippen LogP) is 2.51. The number of carboxylic acid groups (broad SMARTS) is 1. The molecule has 1 saturated heterocycles. The molecule has 0 radical (unpaired) electrons. The van der Waals surface area contributed by atoms with E-state index in [0.717, 1.165) is 31.8 Å². The van der Waals surface area contributed by atoms with Gasteiger partial charge in [0.05, 0.1) is 0 Å². The lowest BCUT2D eigenvalue weighted by molar-refractivity contribution is -0.142. The lowest BCUT2D eigenvalue weighted by Gasteiger charge is -2.26. The minimum absolute atomic E-state index is 0.191. The molecule has 0 unspecified atom stereocenters. The van der Waals surface area contributed by atoms with Gasteiger partial charge in [0.1, 0.15) is 6.04 Å². The largest absolute Gasteiger partial charge is 0.480 e. The summed E-state index contributed by atoms with van der Waals surface area (Å²) in [5.41, 5.74) is 0. The first-order valence-electron chi connectivity index (χ1n) is 6.74. The van der Waals surface area contributed by atoms with Crippen LogP contribution in [0.1, 0.15) is 51.4 Å². The SMILES string of the molecule is O=C(O)[C@@H]1CCCN1CC1CCCCCC1. The average molecular weight is 225 g/mol. The first-order valence-corrected chi connectivity index (χ1v) is 6.74. The Bertz CT molecular complexity index is 234. The van der Waals surface area contributed by atoms with Gasteiger partial charge >= 0.3 is 5.97 Å². The summed E-state index contributed by atoms with van der Waals surface area (Å²) >= 11 is 0. The molecule has 0 aromatic carbocycles. The van der Waals surface area contributed by atoms with Crippen molar-refractivity contribution in [2.45, 2.75) is 57.4 Å². The number of hydrogen-bond acceptors (Lipinski definition) is 2. The van der Waals surface area contributed by atoms with Crippen LogP contribution in [-0.2, 0) is 4.79 Å². The average Bonchev–Trinajstić information content (AvgIpc) is 2.55. The topological polar surface area (TPSA) is 40.5 Å². The molecule has 2 fully saturated rings. The first kappa shape index (κ1) is 11.9. The smallest absolute Gasteiger partial charge is 0.320 e. The molecule has 0 aromatic rings. The van der Waals surface area contributed by atoms with E-state index in [9.17, 15) is 4.79 Å². The Labute approximate surface area is 97.8 Å². The van der Waals surface area contributed by atoms with Crippen molar-refractivity contribution in [3.05, 3.63) is 0 Å². The van der Waals surface area contributed by atoms with Gasteiger partial charge in [-0.25, -0.2) is 0 Å². The molecule has 0 aromatic heterocycles. The lowest BCUT2D eigenvalue weighted by atomic mass is 9.99. The fourth-order valence-corrected chi connectivity index (χ4v) is 3.20. The van der Waals surface area contributed by atoms with E-state index in [-0.39, 0.29) is 6.04 Å². The Kier molecular flexibility index (Phi) is 4.22. The highest BCUT2D eigenvalue weighted by Gasteiger charge is 2.31. The molecule has 2 aliphatic rings. The van der Waals surface area contributed by atoms with Crippen molar-refractivity contribution in [3.63, 3.8) is 0 Å². The number of rotatable bonds is 3. The first-order chi connectivity index (χ1) is 7.77. The van der Waals surface area contributed by atoms with Crippen LogP contribution in [0.2, 0.25) is 0 Å². The fourth-order valence-electron chi connectivity index (χ4n) is 3.20. The van der Waals surface area contributed by atoms with Crippen LogP contribution in [-0.4, -0.2) is 35.1 Å². The molecule has 1 N–H and O–H groups in total. The van der Waals surface area contributed by atoms with Gasteiger partial charge in [-0.05, 0) is 38.1 Å². The van der Waals surface area contributed by atoms with Crippen LogP contribution in [0, 0.1) is 5.92 Å². The van der Waals surface area contributed by atoms with Crippen LogP contribution in [0.15, 0.2) is 0 Å². The highest BCUT2D eigenvalue weighted by atomic mass is 16.4. The van der Waals surface area contributed by atoms with E-state index in [1.807, 2.05) is 0 Å². The standard InChI is InChI=1S/C13H23NO2/c15-13(16)12-8-5-9-14(12)10-11-6-3-1-2-4-7-11/h11-12H,1-10H2,(H,15,16)/t12-/m0/s1. The van der Waals surface area contributed by atoms with Crippen molar-refractivity contribution in [2.75, 3.05) is 13.1 Å². The minimum Gasteiger partial charge on any atom is -0.480 e. The third kappa shape index (κ3) is 2.97. The van der Waals surface area contributed by atoms with Crippen molar-refractivity contribution >= 4 is 5.97 Å². The Morgan fingerprint density at radius 2 is 1.75 bits per heavy atom. The molecule has 3 heteroatoms. The zero-order chi connectivity index (χ0) is 11.4. The van der Waals surface area contributed by atoms with Crippen molar-refractivity contribution in [2.24, 2.45) is 5.92 Å². The monoisotopic (exact) mass is 225 g/mol. The number of carbonyl (C=O) groups is 1. The summed E-state index contributed by atoms with van der Waals surface area (Å²) in [6, 6.07) is -0.191. The molecule has 16 heavy (non-hydrogen) atoms. The Hall–Kier alpha value is -0.570. The Balaban J connectivity index is 1.85. The molecule has 0 amide bonds. The molecule has 92 valence electrons. The summed E-state index contributed by atoms with van der Waals surface area (Å²) < 4.78 is 0. The number of carboxylic acids is 1. The summed E-state index contributed by atoms with van der Waals surface area (Å²) in [4.78, 5) is 13.3.